The molecule has 4 heteroatoms. The van der Waals surface area contributed by atoms with Gasteiger partial charge in [-0.05, 0) is 36.2 Å². The smallest absolute Gasteiger partial charge is 0.167 e. The minimum absolute atomic E-state index is 0.0281. The van der Waals surface area contributed by atoms with Gasteiger partial charge in [-0.3, -0.25) is 4.79 Å². The zero-order valence-corrected chi connectivity index (χ0v) is 12.6. The molecule has 0 bridgehead atoms. The molecule has 0 aliphatic carbocycles. The zero-order valence-electron chi connectivity index (χ0n) is 10.2. The summed E-state index contributed by atoms with van der Waals surface area (Å²) in [4.78, 5) is 12.2. The molecule has 0 saturated heterocycles. The highest BCUT2D eigenvalue weighted by Gasteiger charge is 2.14. The lowest BCUT2D eigenvalue weighted by molar-refractivity contribution is 0.0991. The molecule has 0 spiro atoms. The summed E-state index contributed by atoms with van der Waals surface area (Å²) in [5.74, 6) is -0.524. The van der Waals surface area contributed by atoms with Gasteiger partial charge < -0.3 is 0 Å². The number of hydrogen-bond acceptors (Lipinski definition) is 1. The van der Waals surface area contributed by atoms with E-state index < -0.39 is 0 Å². The molecule has 0 aliphatic heterocycles. The van der Waals surface area contributed by atoms with E-state index >= 15 is 0 Å². The molecule has 0 aliphatic rings. The normalized spacial score (nSPS) is 10.5. The lowest BCUT2D eigenvalue weighted by Gasteiger charge is -2.07. The fourth-order valence-electron chi connectivity index (χ4n) is 1.84. The van der Waals surface area contributed by atoms with Crippen molar-refractivity contribution < 1.29 is 9.18 Å². The van der Waals surface area contributed by atoms with Crippen LogP contribution in [0.25, 0.3) is 0 Å². The Morgan fingerprint density at radius 3 is 2.74 bits per heavy atom. The van der Waals surface area contributed by atoms with Crippen LogP contribution in [0.1, 0.15) is 21.5 Å². The maximum Gasteiger partial charge on any atom is 0.167 e. The van der Waals surface area contributed by atoms with Crippen molar-refractivity contribution in [3.63, 3.8) is 0 Å². The van der Waals surface area contributed by atoms with Gasteiger partial charge in [0.15, 0.2) is 5.78 Å². The average molecular weight is 342 g/mol. The number of ketones is 1. The maximum atomic E-state index is 13.7. The minimum Gasteiger partial charge on any atom is -0.294 e. The highest BCUT2D eigenvalue weighted by molar-refractivity contribution is 9.10. The van der Waals surface area contributed by atoms with Gasteiger partial charge in [-0.2, -0.15) is 0 Å². The van der Waals surface area contributed by atoms with E-state index in [-0.39, 0.29) is 18.0 Å². The van der Waals surface area contributed by atoms with Gasteiger partial charge in [0.25, 0.3) is 0 Å². The second-order valence-electron chi connectivity index (χ2n) is 4.25. The Morgan fingerprint density at radius 1 is 1.32 bits per heavy atom. The SMILES string of the molecule is Cc1c(Cl)cccc1C(=O)Cc1ccc(Br)cc1F. The topological polar surface area (TPSA) is 17.1 Å². The number of carbonyl (C=O) groups excluding carboxylic acids is 1. The van der Waals surface area contributed by atoms with Gasteiger partial charge in [0.1, 0.15) is 5.82 Å². The summed E-state index contributed by atoms with van der Waals surface area (Å²) >= 11 is 9.17. The van der Waals surface area contributed by atoms with E-state index in [0.29, 0.717) is 20.6 Å². The van der Waals surface area contributed by atoms with Crippen molar-refractivity contribution in [3.8, 4) is 0 Å². The Hall–Kier alpha value is -1.19. The first-order chi connectivity index (χ1) is 8.99. The van der Waals surface area contributed by atoms with Gasteiger partial charge in [-0.1, -0.05) is 45.7 Å². The third kappa shape index (κ3) is 3.23. The highest BCUT2D eigenvalue weighted by atomic mass is 79.9. The van der Waals surface area contributed by atoms with Crippen LogP contribution < -0.4 is 0 Å². The van der Waals surface area contributed by atoms with Crippen LogP contribution >= 0.6 is 27.5 Å². The van der Waals surface area contributed by atoms with E-state index in [1.54, 1.807) is 37.3 Å². The summed E-state index contributed by atoms with van der Waals surface area (Å²) in [5.41, 5.74) is 1.65. The molecule has 0 N–H and O–H groups in total. The van der Waals surface area contributed by atoms with Gasteiger partial charge >= 0.3 is 0 Å². The Bertz CT molecular complexity index is 640. The van der Waals surface area contributed by atoms with Gasteiger partial charge in [0, 0.05) is 21.5 Å². The van der Waals surface area contributed by atoms with E-state index in [9.17, 15) is 9.18 Å². The van der Waals surface area contributed by atoms with E-state index in [4.69, 9.17) is 11.6 Å². The number of carbonyl (C=O) groups is 1. The number of Topliss-reactive ketones (excluding diaryl/α,β-unsaturated/α-hetero) is 1. The average Bonchev–Trinajstić information content (AvgIpc) is 2.36. The van der Waals surface area contributed by atoms with Crippen molar-refractivity contribution in [2.75, 3.05) is 0 Å². The molecule has 98 valence electrons. The predicted molar refractivity (Wildman–Crippen MR) is 78.3 cm³/mol. The van der Waals surface area contributed by atoms with Crippen LogP contribution in [0.2, 0.25) is 5.02 Å². The van der Waals surface area contributed by atoms with Crippen LogP contribution in [0.15, 0.2) is 40.9 Å². The fourth-order valence-corrected chi connectivity index (χ4v) is 2.35. The summed E-state index contributed by atoms with van der Waals surface area (Å²) in [5, 5.41) is 0.544. The molecule has 0 saturated carbocycles. The number of hydrogen-bond donors (Lipinski definition) is 0. The van der Waals surface area contributed by atoms with E-state index in [1.807, 2.05) is 0 Å². The molecule has 2 aromatic carbocycles. The van der Waals surface area contributed by atoms with Crippen LogP contribution in [0.3, 0.4) is 0 Å². The van der Waals surface area contributed by atoms with Gasteiger partial charge in [0.2, 0.25) is 0 Å². The summed E-state index contributed by atoms with van der Waals surface area (Å²) in [7, 11) is 0. The van der Waals surface area contributed by atoms with Crippen LogP contribution in [0, 0.1) is 12.7 Å². The number of benzene rings is 2. The van der Waals surface area contributed by atoms with Crippen LogP contribution in [-0.2, 0) is 6.42 Å². The van der Waals surface area contributed by atoms with Crippen LogP contribution in [-0.4, -0.2) is 5.78 Å². The van der Waals surface area contributed by atoms with Gasteiger partial charge in [-0.25, -0.2) is 4.39 Å². The lowest BCUT2D eigenvalue weighted by atomic mass is 9.99. The highest BCUT2D eigenvalue weighted by Crippen LogP contribution is 2.22. The zero-order chi connectivity index (χ0) is 14.0. The summed E-state index contributed by atoms with van der Waals surface area (Å²) < 4.78 is 14.4. The monoisotopic (exact) mass is 340 g/mol. The second kappa shape index (κ2) is 5.85. The first-order valence-corrected chi connectivity index (χ1v) is 6.88. The first-order valence-electron chi connectivity index (χ1n) is 5.71. The first kappa shape index (κ1) is 14.2. The molecule has 2 aromatic rings. The summed E-state index contributed by atoms with van der Waals surface area (Å²) in [6.07, 6.45) is 0.0281. The van der Waals surface area contributed by atoms with Crippen molar-refractivity contribution in [2.24, 2.45) is 0 Å². The molecule has 2 rings (SSSR count). The molecule has 1 nitrogen and oxygen atoms in total. The third-order valence-corrected chi connectivity index (χ3v) is 3.84. The molecular weight excluding hydrogens is 331 g/mol. The van der Waals surface area contributed by atoms with Gasteiger partial charge in [-0.15, -0.1) is 0 Å². The molecule has 0 heterocycles. The molecular formula is C15H11BrClFO. The Kier molecular flexibility index (Phi) is 4.38. The predicted octanol–water partition coefficient (Wildman–Crippen LogP) is 4.98. The Balaban J connectivity index is 2.28. The van der Waals surface area contributed by atoms with Crippen molar-refractivity contribution in [3.05, 3.63) is 68.4 Å². The molecule has 0 unspecified atom stereocenters. The van der Waals surface area contributed by atoms with Crippen molar-refractivity contribution in [2.45, 2.75) is 13.3 Å². The fraction of sp³-hybridized carbons (Fsp3) is 0.133. The van der Waals surface area contributed by atoms with Crippen LogP contribution in [0.4, 0.5) is 4.39 Å². The molecule has 0 atom stereocenters. The minimum atomic E-state index is -0.387. The standard InChI is InChI=1S/C15H11BrClFO/c1-9-12(3-2-4-13(9)17)15(19)7-10-5-6-11(16)8-14(10)18/h2-6,8H,7H2,1H3. The van der Waals surface area contributed by atoms with Crippen molar-refractivity contribution in [1.29, 1.82) is 0 Å². The van der Waals surface area contributed by atoms with E-state index in [2.05, 4.69) is 15.9 Å². The summed E-state index contributed by atoms with van der Waals surface area (Å²) in [6, 6.07) is 9.84. The summed E-state index contributed by atoms with van der Waals surface area (Å²) in [6.45, 7) is 1.79. The van der Waals surface area contributed by atoms with Crippen molar-refractivity contribution >= 4 is 33.3 Å². The van der Waals surface area contributed by atoms with E-state index in [0.717, 1.165) is 5.56 Å². The lowest BCUT2D eigenvalue weighted by Crippen LogP contribution is -2.07. The molecule has 0 fully saturated rings. The molecule has 19 heavy (non-hydrogen) atoms. The second-order valence-corrected chi connectivity index (χ2v) is 5.57. The third-order valence-electron chi connectivity index (χ3n) is 2.93. The van der Waals surface area contributed by atoms with Gasteiger partial charge in [0.05, 0.1) is 0 Å². The largest absolute Gasteiger partial charge is 0.294 e. The quantitative estimate of drug-likeness (QED) is 0.720. The molecule has 0 aromatic heterocycles. The Labute approximate surface area is 124 Å². The van der Waals surface area contributed by atoms with Crippen LogP contribution in [0.5, 0.6) is 0 Å². The number of rotatable bonds is 3. The Morgan fingerprint density at radius 2 is 2.05 bits per heavy atom. The van der Waals surface area contributed by atoms with E-state index in [1.165, 1.54) is 6.07 Å². The molecule has 0 amide bonds. The van der Waals surface area contributed by atoms with Crippen molar-refractivity contribution in [1.82, 2.24) is 0 Å². The maximum absolute atomic E-state index is 13.7. The molecule has 0 radical (unpaired) electrons. The number of halogens is 3.